The second-order valence-electron chi connectivity index (χ2n) is 1.21. The Morgan fingerprint density at radius 3 is 1.80 bits per heavy atom. The van der Waals surface area contributed by atoms with E-state index in [0.717, 1.165) is 0 Å². The van der Waals surface area contributed by atoms with E-state index in [1.54, 1.807) is 12.1 Å². The Morgan fingerprint density at radius 1 is 1.00 bits per heavy atom. The van der Waals surface area contributed by atoms with Gasteiger partial charge in [-0.3, -0.25) is 0 Å². The molecule has 1 aliphatic rings. The Hall–Kier alpha value is 0.434. The topological polar surface area (TPSA) is 0 Å². The van der Waals surface area contributed by atoms with Crippen molar-refractivity contribution in [2.75, 3.05) is 0 Å². The van der Waals surface area contributed by atoms with Gasteiger partial charge in [0.1, 0.15) is 0 Å². The summed E-state index contributed by atoms with van der Waals surface area (Å²) in [5, 5.41) is 0. The first kappa shape index (κ1) is 3.62. The van der Waals surface area contributed by atoms with Crippen LogP contribution in [0.1, 0.15) is 6.42 Å². The van der Waals surface area contributed by atoms with E-state index in [1.807, 2.05) is 0 Å². The molecule has 0 aromatic heterocycles. The van der Waals surface area contributed by atoms with Crippen LogP contribution in [0.4, 0.5) is 0 Å². The minimum Gasteiger partial charge on any atom is -0.0641 e. The lowest BCUT2D eigenvalue weighted by Crippen LogP contribution is -1.86. The van der Waals surface area contributed by atoms with Crippen LogP contribution < -0.4 is 0 Å². The molecular weight excluding hydrogens is 92.2 g/mol. The predicted molar refractivity (Wildman–Crippen MR) is 25.7 cm³/mol. The molecule has 1 heterocycles. The summed E-state index contributed by atoms with van der Waals surface area (Å²) in [4.78, 5) is 0. The molecule has 1 aliphatic heterocycles. The largest absolute Gasteiger partial charge is 0.0641 e. The Kier molecular flexibility index (Phi) is 1.28. The zero-order chi connectivity index (χ0) is 3.54. The van der Waals surface area contributed by atoms with Crippen molar-refractivity contribution in [3.8, 4) is 0 Å². The highest BCUT2D eigenvalue weighted by molar-refractivity contribution is 7.01. The molecule has 0 atom stereocenters. The van der Waals surface area contributed by atoms with Crippen LogP contribution in [0.5, 0.6) is 0 Å². The first-order valence-corrected chi connectivity index (χ1v) is 5.37. The first-order valence-electron chi connectivity index (χ1n) is 1.96. The summed E-state index contributed by atoms with van der Waals surface area (Å²) in [6.07, 6.45) is 1.52. The molecule has 26 valence electrons. The second kappa shape index (κ2) is 1.77. The molecule has 0 N–H and O–H groups in total. The van der Waals surface area contributed by atoms with Crippen molar-refractivity contribution in [3.63, 3.8) is 0 Å². The van der Waals surface area contributed by atoms with E-state index in [4.69, 9.17) is 0 Å². The van der Waals surface area contributed by atoms with Gasteiger partial charge in [-0.2, -0.15) is 0 Å². The van der Waals surface area contributed by atoms with Gasteiger partial charge in [0.25, 0.3) is 0 Å². The van der Waals surface area contributed by atoms with Gasteiger partial charge < -0.3 is 0 Å². The van der Waals surface area contributed by atoms with Crippen molar-refractivity contribution in [1.29, 1.82) is 0 Å². The van der Waals surface area contributed by atoms with E-state index in [0.29, 0.717) is 0 Å². The van der Waals surface area contributed by atoms with E-state index >= 15 is 0 Å². The molecule has 0 spiro atoms. The van der Waals surface area contributed by atoms with Gasteiger partial charge in [-0.1, -0.05) is 18.5 Å². The Labute approximate surface area is 37.4 Å². The third-order valence-electron chi connectivity index (χ3n) is 0.729. The molecule has 1 fully saturated rings. The van der Waals surface area contributed by atoms with Crippen molar-refractivity contribution < 1.29 is 0 Å². The standard InChI is InChI=1S/C3H6Si2/c1-2-4-5-3-1/h1-3H2. The lowest BCUT2D eigenvalue weighted by atomic mass is 10.6. The average molecular weight is 98.3 g/mol. The van der Waals surface area contributed by atoms with Gasteiger partial charge in [-0.25, -0.2) is 0 Å². The highest BCUT2D eigenvalue weighted by Gasteiger charge is 1.97. The Morgan fingerprint density at radius 2 is 1.60 bits per heavy atom. The predicted octanol–water partition coefficient (Wildman–Crippen LogP) is 0.550. The molecule has 0 aliphatic carbocycles. The van der Waals surface area contributed by atoms with Gasteiger partial charge in [-0.15, -0.1) is 0 Å². The molecule has 1 rings (SSSR count). The zero-order valence-corrected chi connectivity index (χ0v) is 5.12. The van der Waals surface area contributed by atoms with Gasteiger partial charge >= 0.3 is 0 Å². The van der Waals surface area contributed by atoms with Crippen molar-refractivity contribution in [1.82, 2.24) is 0 Å². The van der Waals surface area contributed by atoms with Gasteiger partial charge in [-0.05, 0) is 0 Å². The maximum atomic E-state index is 1.54. The molecule has 0 unspecified atom stereocenters. The molecule has 1 saturated heterocycles. The molecule has 0 aromatic carbocycles. The quantitative estimate of drug-likeness (QED) is 0.388. The lowest BCUT2D eigenvalue weighted by molar-refractivity contribution is 1.10. The van der Waals surface area contributed by atoms with Crippen LogP contribution in [0.15, 0.2) is 0 Å². The van der Waals surface area contributed by atoms with Crippen LogP contribution in [-0.4, -0.2) is 18.1 Å². The van der Waals surface area contributed by atoms with Crippen LogP contribution in [0.2, 0.25) is 12.1 Å². The van der Waals surface area contributed by atoms with Gasteiger partial charge in [0.05, 0.1) is 0 Å². The average Bonchev–Trinajstić information content (AvgIpc) is 1.76. The molecular formula is C3H6Si2. The van der Waals surface area contributed by atoms with Crippen LogP contribution in [0.25, 0.3) is 0 Å². The maximum Gasteiger partial charge on any atom is 0.0222 e. The molecule has 0 bridgehead atoms. The van der Waals surface area contributed by atoms with Gasteiger partial charge in [0.2, 0.25) is 0 Å². The molecule has 0 nitrogen and oxygen atoms in total. The molecule has 0 amide bonds. The molecule has 0 aromatic rings. The number of hydrogen-bond donors (Lipinski definition) is 0. The van der Waals surface area contributed by atoms with Crippen LogP contribution in [-0.2, 0) is 0 Å². The summed E-state index contributed by atoms with van der Waals surface area (Å²) in [6.45, 7) is 0. The summed E-state index contributed by atoms with van der Waals surface area (Å²) in [6, 6.07) is 3.08. The highest BCUT2D eigenvalue weighted by Crippen LogP contribution is 2.01. The fraction of sp³-hybridized carbons (Fsp3) is 1.00. The third-order valence-corrected chi connectivity index (χ3v) is 4.44. The van der Waals surface area contributed by atoms with E-state index in [1.165, 1.54) is 24.5 Å². The fourth-order valence-electron chi connectivity index (χ4n) is 0.442. The molecule has 2 heteroatoms. The number of rotatable bonds is 0. The van der Waals surface area contributed by atoms with Gasteiger partial charge in [0.15, 0.2) is 0 Å². The summed E-state index contributed by atoms with van der Waals surface area (Å²) >= 11 is 0. The van der Waals surface area contributed by atoms with Gasteiger partial charge in [0, 0.05) is 18.1 Å². The number of hydrogen-bond acceptors (Lipinski definition) is 0. The van der Waals surface area contributed by atoms with Crippen molar-refractivity contribution in [2.45, 2.75) is 18.5 Å². The maximum absolute atomic E-state index is 1.54. The minimum atomic E-state index is 1.34. The molecule has 0 saturated carbocycles. The smallest absolute Gasteiger partial charge is 0.0222 e. The molecule has 4 radical (unpaired) electrons. The Bertz CT molecular complexity index is 16.5. The van der Waals surface area contributed by atoms with Crippen LogP contribution >= 0.6 is 0 Å². The second-order valence-corrected chi connectivity index (χ2v) is 5.04. The summed E-state index contributed by atoms with van der Waals surface area (Å²) in [7, 11) is 2.67. The van der Waals surface area contributed by atoms with E-state index < -0.39 is 0 Å². The van der Waals surface area contributed by atoms with E-state index in [-0.39, 0.29) is 0 Å². The van der Waals surface area contributed by atoms with Crippen molar-refractivity contribution in [3.05, 3.63) is 0 Å². The summed E-state index contributed by atoms with van der Waals surface area (Å²) < 4.78 is 0. The fourth-order valence-corrected chi connectivity index (χ4v) is 3.98. The van der Waals surface area contributed by atoms with Crippen LogP contribution in [0, 0.1) is 0 Å². The van der Waals surface area contributed by atoms with Crippen molar-refractivity contribution in [2.24, 2.45) is 0 Å². The summed E-state index contributed by atoms with van der Waals surface area (Å²) in [5.74, 6) is 0. The zero-order valence-electron chi connectivity index (χ0n) is 3.12. The first-order chi connectivity index (χ1) is 2.50. The lowest BCUT2D eigenvalue weighted by Gasteiger charge is -1.67. The van der Waals surface area contributed by atoms with E-state index in [2.05, 4.69) is 0 Å². The Balaban J connectivity index is 2.08. The minimum absolute atomic E-state index is 1.34. The van der Waals surface area contributed by atoms with E-state index in [9.17, 15) is 0 Å². The monoisotopic (exact) mass is 98.0 g/mol. The van der Waals surface area contributed by atoms with Crippen LogP contribution in [0.3, 0.4) is 0 Å². The normalized spacial score (nSPS) is 24.0. The van der Waals surface area contributed by atoms with Crippen molar-refractivity contribution >= 4 is 18.1 Å². The molecule has 5 heavy (non-hydrogen) atoms. The summed E-state index contributed by atoms with van der Waals surface area (Å²) in [5.41, 5.74) is 0. The SMILES string of the molecule is C1C[Si][Si]C1. The highest BCUT2D eigenvalue weighted by atomic mass is 29.1. The third kappa shape index (κ3) is 0.889.